The largest absolute Gasteiger partial charge is 0.396 e. The molecule has 1 N–H and O–H groups in total. The molecule has 0 fully saturated rings. The summed E-state index contributed by atoms with van der Waals surface area (Å²) in [7, 11) is 0. The quantitative estimate of drug-likeness (QED) is 0.475. The minimum absolute atomic E-state index is 0.0508. The van der Waals surface area contributed by atoms with Crippen LogP contribution in [0, 0.1) is 17.8 Å². The van der Waals surface area contributed by atoms with Crippen LogP contribution in [0.15, 0.2) is 0 Å². The first-order valence-electron chi connectivity index (χ1n) is 4.27. The van der Waals surface area contributed by atoms with E-state index in [2.05, 4.69) is 19.8 Å². The fourth-order valence-corrected chi connectivity index (χ4v) is 0.978. The van der Waals surface area contributed by atoms with Crippen molar-refractivity contribution in [2.45, 2.75) is 39.5 Å². The molecule has 0 amide bonds. The van der Waals surface area contributed by atoms with Crippen LogP contribution in [0.25, 0.3) is 0 Å². The minimum atomic E-state index is 0.0508. The Bertz CT molecular complexity index is 134. The number of hydrogen-bond acceptors (Lipinski definition) is 1. The average molecular weight is 154 g/mol. The van der Waals surface area contributed by atoms with E-state index in [-0.39, 0.29) is 12.0 Å². The zero-order valence-electron chi connectivity index (χ0n) is 7.56. The molecule has 1 unspecified atom stereocenters. The summed E-state index contributed by atoms with van der Waals surface area (Å²) in [5.41, 5.74) is 0.0508. The molecule has 0 radical (unpaired) electrons. The molecule has 1 atom stereocenters. The number of rotatable bonds is 5. The number of aliphatic hydroxyl groups is 1. The van der Waals surface area contributed by atoms with Gasteiger partial charge in [-0.05, 0) is 32.6 Å². The molecular weight excluding hydrogens is 136 g/mol. The third-order valence-electron chi connectivity index (χ3n) is 2.27. The Balaban J connectivity index is 3.63. The molecule has 11 heavy (non-hydrogen) atoms. The molecule has 0 aromatic heterocycles. The molecule has 0 aliphatic heterocycles. The van der Waals surface area contributed by atoms with Gasteiger partial charge in [0.25, 0.3) is 0 Å². The number of aliphatic hydroxyl groups excluding tert-OH is 1. The lowest BCUT2D eigenvalue weighted by molar-refractivity contribution is 0.270. The maximum absolute atomic E-state index is 8.56. The fourth-order valence-electron chi connectivity index (χ4n) is 0.978. The SMILES string of the molecule is C#CC(C)(CC)CCCCO. The number of terminal acetylenes is 1. The first-order chi connectivity index (χ1) is 5.18. The van der Waals surface area contributed by atoms with Crippen molar-refractivity contribution in [2.75, 3.05) is 6.61 Å². The van der Waals surface area contributed by atoms with Crippen LogP contribution in [0.5, 0.6) is 0 Å². The normalized spacial score (nSPS) is 15.5. The van der Waals surface area contributed by atoms with E-state index in [9.17, 15) is 0 Å². The smallest absolute Gasteiger partial charge is 0.0431 e. The third kappa shape index (κ3) is 4.06. The van der Waals surface area contributed by atoms with Crippen molar-refractivity contribution in [1.29, 1.82) is 0 Å². The first-order valence-corrected chi connectivity index (χ1v) is 4.27. The highest BCUT2D eigenvalue weighted by atomic mass is 16.2. The summed E-state index contributed by atoms with van der Waals surface area (Å²) in [5.74, 6) is 2.81. The topological polar surface area (TPSA) is 20.2 Å². The van der Waals surface area contributed by atoms with Gasteiger partial charge in [0, 0.05) is 12.0 Å². The highest BCUT2D eigenvalue weighted by molar-refractivity contribution is 5.02. The lowest BCUT2D eigenvalue weighted by Crippen LogP contribution is -2.11. The summed E-state index contributed by atoms with van der Waals surface area (Å²) in [6.45, 7) is 4.49. The van der Waals surface area contributed by atoms with E-state index in [0.717, 1.165) is 25.7 Å². The second kappa shape index (κ2) is 5.21. The van der Waals surface area contributed by atoms with Crippen LogP contribution in [0.2, 0.25) is 0 Å². The van der Waals surface area contributed by atoms with E-state index in [1.54, 1.807) is 0 Å². The number of hydrogen-bond donors (Lipinski definition) is 1. The second-order valence-corrected chi connectivity index (χ2v) is 3.24. The van der Waals surface area contributed by atoms with Crippen LogP contribution >= 0.6 is 0 Å². The molecule has 0 heterocycles. The Morgan fingerprint density at radius 3 is 2.45 bits per heavy atom. The Labute approximate surface area is 69.8 Å². The Morgan fingerprint density at radius 1 is 1.45 bits per heavy atom. The van der Waals surface area contributed by atoms with Crippen LogP contribution in [-0.4, -0.2) is 11.7 Å². The Morgan fingerprint density at radius 2 is 2.09 bits per heavy atom. The van der Waals surface area contributed by atoms with Crippen molar-refractivity contribution in [3.05, 3.63) is 0 Å². The van der Waals surface area contributed by atoms with Gasteiger partial charge in [0.05, 0.1) is 0 Å². The van der Waals surface area contributed by atoms with Crippen LogP contribution in [0.3, 0.4) is 0 Å². The van der Waals surface area contributed by atoms with Crippen molar-refractivity contribution < 1.29 is 5.11 Å². The van der Waals surface area contributed by atoms with Crippen LogP contribution < -0.4 is 0 Å². The second-order valence-electron chi connectivity index (χ2n) is 3.24. The molecule has 1 heteroatoms. The standard InChI is InChI=1S/C10H18O/c1-4-10(3,5-2)8-6-7-9-11/h1,11H,5-9H2,2-3H3. The summed E-state index contributed by atoms with van der Waals surface area (Å²) in [6, 6.07) is 0. The van der Waals surface area contributed by atoms with Crippen molar-refractivity contribution in [3.8, 4) is 12.3 Å². The molecule has 0 rings (SSSR count). The lowest BCUT2D eigenvalue weighted by Gasteiger charge is -2.20. The van der Waals surface area contributed by atoms with E-state index in [0.29, 0.717) is 0 Å². The summed E-state index contributed by atoms with van der Waals surface area (Å²) in [6.07, 6.45) is 9.34. The van der Waals surface area contributed by atoms with Crippen molar-refractivity contribution in [3.63, 3.8) is 0 Å². The molecule has 0 saturated carbocycles. The molecule has 64 valence electrons. The molecule has 0 aromatic carbocycles. The molecule has 0 aliphatic rings. The van der Waals surface area contributed by atoms with E-state index in [1.165, 1.54) is 0 Å². The number of unbranched alkanes of at least 4 members (excludes halogenated alkanes) is 1. The molecule has 1 nitrogen and oxygen atoms in total. The van der Waals surface area contributed by atoms with Crippen molar-refractivity contribution in [2.24, 2.45) is 5.41 Å². The van der Waals surface area contributed by atoms with Gasteiger partial charge in [-0.2, -0.15) is 0 Å². The molecule has 0 spiro atoms. The molecule has 0 aromatic rings. The van der Waals surface area contributed by atoms with Gasteiger partial charge in [0.15, 0.2) is 0 Å². The van der Waals surface area contributed by atoms with Crippen LogP contribution in [0.1, 0.15) is 39.5 Å². The zero-order chi connectivity index (χ0) is 8.74. The molecule has 0 aliphatic carbocycles. The summed E-state index contributed by atoms with van der Waals surface area (Å²) in [5, 5.41) is 8.56. The molecular formula is C10H18O. The van der Waals surface area contributed by atoms with Gasteiger partial charge < -0.3 is 5.11 Å². The van der Waals surface area contributed by atoms with Gasteiger partial charge in [0.1, 0.15) is 0 Å². The van der Waals surface area contributed by atoms with Gasteiger partial charge >= 0.3 is 0 Å². The van der Waals surface area contributed by atoms with E-state index < -0.39 is 0 Å². The van der Waals surface area contributed by atoms with Crippen molar-refractivity contribution in [1.82, 2.24) is 0 Å². The third-order valence-corrected chi connectivity index (χ3v) is 2.27. The first kappa shape index (κ1) is 10.5. The van der Waals surface area contributed by atoms with E-state index in [1.807, 2.05) is 0 Å². The van der Waals surface area contributed by atoms with E-state index >= 15 is 0 Å². The predicted molar refractivity (Wildman–Crippen MR) is 48.2 cm³/mol. The van der Waals surface area contributed by atoms with Gasteiger partial charge in [-0.3, -0.25) is 0 Å². The van der Waals surface area contributed by atoms with Crippen molar-refractivity contribution >= 4 is 0 Å². The average Bonchev–Trinajstić information content (AvgIpc) is 2.05. The fraction of sp³-hybridized carbons (Fsp3) is 0.800. The lowest BCUT2D eigenvalue weighted by atomic mass is 9.83. The maximum Gasteiger partial charge on any atom is 0.0431 e. The van der Waals surface area contributed by atoms with Crippen LogP contribution in [-0.2, 0) is 0 Å². The maximum atomic E-state index is 8.56. The highest BCUT2D eigenvalue weighted by Gasteiger charge is 2.17. The highest BCUT2D eigenvalue weighted by Crippen LogP contribution is 2.26. The van der Waals surface area contributed by atoms with Gasteiger partial charge in [-0.15, -0.1) is 12.3 Å². The van der Waals surface area contributed by atoms with Gasteiger partial charge in [-0.1, -0.05) is 6.92 Å². The van der Waals surface area contributed by atoms with Gasteiger partial charge in [0.2, 0.25) is 0 Å². The van der Waals surface area contributed by atoms with Crippen LogP contribution in [0.4, 0.5) is 0 Å². The monoisotopic (exact) mass is 154 g/mol. The molecule has 0 bridgehead atoms. The summed E-state index contributed by atoms with van der Waals surface area (Å²) in [4.78, 5) is 0. The molecule has 0 saturated heterocycles. The predicted octanol–water partition coefficient (Wildman–Crippen LogP) is 2.20. The van der Waals surface area contributed by atoms with E-state index in [4.69, 9.17) is 11.5 Å². The zero-order valence-corrected chi connectivity index (χ0v) is 7.56. The summed E-state index contributed by atoms with van der Waals surface area (Å²) >= 11 is 0. The Hall–Kier alpha value is -0.480. The summed E-state index contributed by atoms with van der Waals surface area (Å²) < 4.78 is 0. The van der Waals surface area contributed by atoms with Gasteiger partial charge in [-0.25, -0.2) is 0 Å². The minimum Gasteiger partial charge on any atom is -0.396 e. The Kier molecular flexibility index (Phi) is 4.98.